The van der Waals surface area contributed by atoms with Crippen molar-refractivity contribution in [2.24, 2.45) is 0 Å². The lowest BCUT2D eigenvalue weighted by Crippen LogP contribution is -2.03. The predicted octanol–water partition coefficient (Wildman–Crippen LogP) is 1.62. The van der Waals surface area contributed by atoms with Crippen LogP contribution in [0.25, 0.3) is 5.82 Å². The van der Waals surface area contributed by atoms with Gasteiger partial charge < -0.3 is 5.11 Å². The maximum atomic E-state index is 10.8. The molecular formula is C9H6ClN3O2. The topological polar surface area (TPSA) is 68.0 Å². The average molecular weight is 224 g/mol. The molecule has 0 spiro atoms. The lowest BCUT2D eigenvalue weighted by atomic mass is 10.2. The molecule has 0 aliphatic rings. The molecule has 0 radical (unpaired) electrons. The zero-order valence-corrected chi connectivity index (χ0v) is 8.22. The van der Waals surface area contributed by atoms with E-state index < -0.39 is 5.97 Å². The van der Waals surface area contributed by atoms with Crippen LogP contribution < -0.4 is 0 Å². The first-order valence-electron chi connectivity index (χ1n) is 4.08. The van der Waals surface area contributed by atoms with Gasteiger partial charge in [0, 0.05) is 12.4 Å². The normalized spacial score (nSPS) is 10.2. The van der Waals surface area contributed by atoms with Gasteiger partial charge in [-0.25, -0.2) is 14.5 Å². The van der Waals surface area contributed by atoms with Crippen LogP contribution in [0.5, 0.6) is 0 Å². The molecule has 0 saturated carbocycles. The summed E-state index contributed by atoms with van der Waals surface area (Å²) in [6.45, 7) is 0. The molecule has 1 N–H and O–H groups in total. The van der Waals surface area contributed by atoms with Gasteiger partial charge in [0.2, 0.25) is 0 Å². The van der Waals surface area contributed by atoms with E-state index in [1.807, 2.05) is 0 Å². The Balaban J connectivity index is 2.54. The van der Waals surface area contributed by atoms with Gasteiger partial charge in [0.1, 0.15) is 5.15 Å². The second-order valence-electron chi connectivity index (χ2n) is 2.79. The number of hydrogen-bond acceptors (Lipinski definition) is 3. The van der Waals surface area contributed by atoms with E-state index in [-0.39, 0.29) is 10.7 Å². The molecule has 6 heteroatoms. The highest BCUT2D eigenvalue weighted by atomic mass is 35.5. The van der Waals surface area contributed by atoms with Crippen molar-refractivity contribution in [1.29, 1.82) is 0 Å². The summed E-state index contributed by atoms with van der Waals surface area (Å²) in [7, 11) is 0. The Bertz CT molecular complexity index is 496. The summed E-state index contributed by atoms with van der Waals surface area (Å²) in [5, 5.41) is 12.9. The summed E-state index contributed by atoms with van der Waals surface area (Å²) in [5.74, 6) is -0.669. The maximum absolute atomic E-state index is 10.8. The molecule has 0 atom stereocenters. The standard InChI is InChI=1S/C9H6ClN3O2/c10-7-4-6(9(14)15)5-8(12-7)13-3-1-2-11-13/h1-5H,(H,14,15). The summed E-state index contributed by atoms with van der Waals surface area (Å²) in [5.41, 5.74) is 0.0838. The Labute approximate surface area is 89.9 Å². The van der Waals surface area contributed by atoms with Gasteiger partial charge in [0.05, 0.1) is 5.56 Å². The van der Waals surface area contributed by atoms with E-state index in [4.69, 9.17) is 16.7 Å². The molecule has 0 aromatic carbocycles. The van der Waals surface area contributed by atoms with Crippen LogP contribution in [-0.4, -0.2) is 25.8 Å². The number of hydrogen-bond donors (Lipinski definition) is 1. The van der Waals surface area contributed by atoms with Crippen molar-refractivity contribution in [3.05, 3.63) is 41.3 Å². The van der Waals surface area contributed by atoms with E-state index >= 15 is 0 Å². The van der Waals surface area contributed by atoms with Crippen molar-refractivity contribution in [3.63, 3.8) is 0 Å². The van der Waals surface area contributed by atoms with Gasteiger partial charge in [-0.3, -0.25) is 0 Å². The molecule has 2 heterocycles. The molecule has 0 fully saturated rings. The fourth-order valence-corrected chi connectivity index (χ4v) is 1.33. The highest BCUT2D eigenvalue weighted by Gasteiger charge is 2.08. The third-order valence-electron chi connectivity index (χ3n) is 1.77. The highest BCUT2D eigenvalue weighted by Crippen LogP contribution is 2.13. The molecule has 5 nitrogen and oxygen atoms in total. The number of aromatic carboxylic acids is 1. The van der Waals surface area contributed by atoms with Gasteiger partial charge >= 0.3 is 5.97 Å². The van der Waals surface area contributed by atoms with Gasteiger partial charge in [0.25, 0.3) is 0 Å². The largest absolute Gasteiger partial charge is 0.478 e. The molecule has 0 aliphatic heterocycles. The Hall–Kier alpha value is -1.88. The molecule has 0 aliphatic carbocycles. The lowest BCUT2D eigenvalue weighted by molar-refractivity contribution is 0.0696. The second-order valence-corrected chi connectivity index (χ2v) is 3.18. The number of carboxylic acid groups (broad SMARTS) is 1. The smallest absolute Gasteiger partial charge is 0.335 e. The molecule has 2 rings (SSSR count). The third kappa shape index (κ3) is 1.97. The Morgan fingerprint density at radius 3 is 2.87 bits per heavy atom. The molecule has 2 aromatic rings. The second kappa shape index (κ2) is 3.70. The summed E-state index contributed by atoms with van der Waals surface area (Å²) in [6.07, 6.45) is 3.23. The quantitative estimate of drug-likeness (QED) is 0.786. The van der Waals surface area contributed by atoms with Crippen molar-refractivity contribution in [3.8, 4) is 5.82 Å². The summed E-state index contributed by atoms with van der Waals surface area (Å²) >= 11 is 5.70. The monoisotopic (exact) mass is 223 g/mol. The van der Waals surface area contributed by atoms with Gasteiger partial charge in [-0.05, 0) is 18.2 Å². The van der Waals surface area contributed by atoms with Crippen LogP contribution in [0.3, 0.4) is 0 Å². The van der Waals surface area contributed by atoms with Crippen LogP contribution in [0.4, 0.5) is 0 Å². The van der Waals surface area contributed by atoms with E-state index in [0.29, 0.717) is 5.82 Å². The van der Waals surface area contributed by atoms with Gasteiger partial charge in [-0.1, -0.05) is 11.6 Å². The number of aromatic nitrogens is 3. The predicted molar refractivity (Wildman–Crippen MR) is 53.3 cm³/mol. The first-order valence-corrected chi connectivity index (χ1v) is 4.45. The van der Waals surface area contributed by atoms with Crippen LogP contribution >= 0.6 is 11.6 Å². The number of carboxylic acids is 1. The van der Waals surface area contributed by atoms with E-state index in [1.54, 1.807) is 18.5 Å². The van der Waals surface area contributed by atoms with E-state index in [1.165, 1.54) is 16.8 Å². The van der Waals surface area contributed by atoms with Crippen LogP contribution in [0.2, 0.25) is 5.15 Å². The average Bonchev–Trinajstić information content (AvgIpc) is 2.69. The molecule has 0 bridgehead atoms. The lowest BCUT2D eigenvalue weighted by Gasteiger charge is -2.02. The fraction of sp³-hybridized carbons (Fsp3) is 0. The van der Waals surface area contributed by atoms with Gasteiger partial charge in [-0.15, -0.1) is 0 Å². The molecule has 0 saturated heterocycles. The van der Waals surface area contributed by atoms with Crippen molar-refractivity contribution < 1.29 is 9.90 Å². The molecule has 2 aromatic heterocycles. The van der Waals surface area contributed by atoms with Crippen LogP contribution in [0.1, 0.15) is 10.4 Å². The summed E-state index contributed by atoms with van der Waals surface area (Å²) in [4.78, 5) is 14.7. The van der Waals surface area contributed by atoms with E-state index in [0.717, 1.165) is 0 Å². The minimum absolute atomic E-state index is 0.0838. The van der Waals surface area contributed by atoms with E-state index in [9.17, 15) is 4.79 Å². The van der Waals surface area contributed by atoms with Gasteiger partial charge in [0.15, 0.2) is 5.82 Å². The van der Waals surface area contributed by atoms with Crippen molar-refractivity contribution in [1.82, 2.24) is 14.8 Å². The molecule has 0 amide bonds. The molecule has 0 unspecified atom stereocenters. The van der Waals surface area contributed by atoms with Crippen molar-refractivity contribution >= 4 is 17.6 Å². The zero-order chi connectivity index (χ0) is 10.8. The fourth-order valence-electron chi connectivity index (χ4n) is 1.13. The number of rotatable bonds is 2. The minimum atomic E-state index is -1.05. The third-order valence-corrected chi connectivity index (χ3v) is 1.96. The molecular weight excluding hydrogens is 218 g/mol. The molecule has 15 heavy (non-hydrogen) atoms. The highest BCUT2D eigenvalue weighted by molar-refractivity contribution is 6.29. The minimum Gasteiger partial charge on any atom is -0.478 e. The Morgan fingerprint density at radius 2 is 2.27 bits per heavy atom. The van der Waals surface area contributed by atoms with E-state index in [2.05, 4.69) is 10.1 Å². The van der Waals surface area contributed by atoms with Crippen molar-refractivity contribution in [2.75, 3.05) is 0 Å². The first-order chi connectivity index (χ1) is 7.16. The van der Waals surface area contributed by atoms with Gasteiger partial charge in [-0.2, -0.15) is 5.10 Å². The number of halogens is 1. The maximum Gasteiger partial charge on any atom is 0.335 e. The SMILES string of the molecule is O=C(O)c1cc(Cl)nc(-n2cccn2)c1. The van der Waals surface area contributed by atoms with Crippen LogP contribution in [-0.2, 0) is 0 Å². The number of nitrogens with zero attached hydrogens (tertiary/aromatic N) is 3. The Kier molecular flexibility index (Phi) is 2.39. The molecule has 76 valence electrons. The zero-order valence-electron chi connectivity index (χ0n) is 7.46. The summed E-state index contributed by atoms with van der Waals surface area (Å²) in [6, 6.07) is 4.40. The van der Waals surface area contributed by atoms with Crippen LogP contribution in [0, 0.1) is 0 Å². The first kappa shape index (κ1) is 9.67. The number of carbonyl (C=O) groups is 1. The van der Waals surface area contributed by atoms with Crippen molar-refractivity contribution in [2.45, 2.75) is 0 Å². The van der Waals surface area contributed by atoms with Crippen LogP contribution in [0.15, 0.2) is 30.6 Å². The summed E-state index contributed by atoms with van der Waals surface area (Å²) < 4.78 is 1.44. The Morgan fingerprint density at radius 1 is 1.47 bits per heavy atom. The number of pyridine rings is 1.